The van der Waals surface area contributed by atoms with Crippen LogP contribution in [0.25, 0.3) is 22.3 Å². The summed E-state index contributed by atoms with van der Waals surface area (Å²) in [6.45, 7) is 0. The van der Waals surface area contributed by atoms with Gasteiger partial charge in [-0.05, 0) is 22.3 Å². The van der Waals surface area contributed by atoms with E-state index < -0.39 is 0 Å². The van der Waals surface area contributed by atoms with Gasteiger partial charge >= 0.3 is 0 Å². The molecule has 0 nitrogen and oxygen atoms in total. The maximum absolute atomic E-state index is 7.85. The summed E-state index contributed by atoms with van der Waals surface area (Å²) >= 11 is 0. The van der Waals surface area contributed by atoms with Gasteiger partial charge in [-0.25, -0.2) is 0 Å². The number of hydrogen-bond donors (Lipinski definition) is 0. The smallest absolute Gasteiger partial charge is 0.0622 e. The van der Waals surface area contributed by atoms with E-state index in [0.717, 1.165) is 22.3 Å². The van der Waals surface area contributed by atoms with Crippen LogP contribution in [-0.2, 0) is 0 Å². The molecule has 3 aromatic rings. The van der Waals surface area contributed by atoms with Gasteiger partial charge in [0.15, 0.2) is 0 Å². The monoisotopic (exact) mass is 232 g/mol. The van der Waals surface area contributed by atoms with Crippen molar-refractivity contribution in [1.82, 2.24) is 0 Å². The van der Waals surface area contributed by atoms with Crippen molar-refractivity contribution in [2.24, 2.45) is 0 Å². The Morgan fingerprint density at radius 1 is 0.500 bits per heavy atom. The molecule has 0 spiro atoms. The molecule has 0 heteroatoms. The van der Waals surface area contributed by atoms with Crippen LogP contribution in [0.4, 0.5) is 0 Å². The van der Waals surface area contributed by atoms with E-state index >= 15 is 0 Å². The minimum atomic E-state index is 0.504. The zero-order chi connectivity index (χ0) is 13.9. The first-order chi connectivity index (χ1) is 9.74. The molecule has 0 unspecified atom stereocenters. The molecule has 0 amide bonds. The predicted molar refractivity (Wildman–Crippen MR) is 77.3 cm³/mol. The molecule has 0 aromatic heterocycles. The van der Waals surface area contributed by atoms with Crippen LogP contribution in [0, 0.1) is 0 Å². The molecule has 86 valence electrons. The first-order valence-electron chi connectivity index (χ1n) is 6.97. The zero-order valence-corrected chi connectivity index (χ0v) is 9.93. The van der Waals surface area contributed by atoms with Gasteiger partial charge < -0.3 is 0 Å². The van der Waals surface area contributed by atoms with Gasteiger partial charge in [0.2, 0.25) is 0 Å². The molecule has 0 N–H and O–H groups in total. The van der Waals surface area contributed by atoms with E-state index in [0.29, 0.717) is 12.1 Å². The normalized spacial score (nSPS) is 11.8. The summed E-state index contributed by atoms with van der Waals surface area (Å²) < 4.78 is 15.4. The summed E-state index contributed by atoms with van der Waals surface area (Å²) in [4.78, 5) is 0. The molecular weight excluding hydrogens is 216 g/mol. The van der Waals surface area contributed by atoms with Crippen molar-refractivity contribution >= 4 is 0 Å². The fourth-order valence-corrected chi connectivity index (χ4v) is 2.11. The Morgan fingerprint density at radius 2 is 1.06 bits per heavy atom. The maximum atomic E-state index is 7.85. The van der Waals surface area contributed by atoms with Gasteiger partial charge in [-0.15, -0.1) is 0 Å². The van der Waals surface area contributed by atoms with E-state index in [-0.39, 0.29) is 0 Å². The van der Waals surface area contributed by atoms with Crippen molar-refractivity contribution in [3.63, 3.8) is 0 Å². The van der Waals surface area contributed by atoms with Crippen molar-refractivity contribution in [3.05, 3.63) is 84.9 Å². The SMILES string of the molecule is [2H]c1ccc(-c2ccc([2H])cc2-c2ccccc2)cc1. The summed E-state index contributed by atoms with van der Waals surface area (Å²) in [5.41, 5.74) is 4.31. The van der Waals surface area contributed by atoms with Gasteiger partial charge in [0, 0.05) is 0 Å². The van der Waals surface area contributed by atoms with Gasteiger partial charge in [0.25, 0.3) is 0 Å². The summed E-state index contributed by atoms with van der Waals surface area (Å²) in [6, 6.07) is 24.3. The molecule has 0 fully saturated rings. The highest BCUT2D eigenvalue weighted by molar-refractivity contribution is 5.83. The van der Waals surface area contributed by atoms with Crippen LogP contribution < -0.4 is 0 Å². The largest absolute Gasteiger partial charge is 0.0623 e. The van der Waals surface area contributed by atoms with Crippen LogP contribution in [0.1, 0.15) is 2.74 Å². The molecule has 3 aromatic carbocycles. The minimum absolute atomic E-state index is 0.504. The zero-order valence-electron chi connectivity index (χ0n) is 11.9. The highest BCUT2D eigenvalue weighted by atomic mass is 14.1. The van der Waals surface area contributed by atoms with Gasteiger partial charge in [-0.1, -0.05) is 84.9 Å². The molecule has 0 radical (unpaired) electrons. The second-order valence-electron chi connectivity index (χ2n) is 4.13. The van der Waals surface area contributed by atoms with Crippen LogP contribution in [0.15, 0.2) is 84.9 Å². The molecule has 0 heterocycles. The van der Waals surface area contributed by atoms with Crippen molar-refractivity contribution in [2.45, 2.75) is 0 Å². The van der Waals surface area contributed by atoms with Crippen molar-refractivity contribution < 1.29 is 2.74 Å². The standard InChI is InChI=1S/C18H14/c1-3-9-15(10-4-1)17-13-7-8-14-18(17)16-11-5-2-6-12-16/h1-14H/i1D,8D. The van der Waals surface area contributed by atoms with E-state index in [9.17, 15) is 0 Å². The minimum Gasteiger partial charge on any atom is -0.0622 e. The maximum Gasteiger partial charge on any atom is 0.0623 e. The van der Waals surface area contributed by atoms with Crippen LogP contribution in [-0.4, -0.2) is 0 Å². The van der Waals surface area contributed by atoms with Gasteiger partial charge in [0.1, 0.15) is 0 Å². The molecule has 3 rings (SSSR count). The van der Waals surface area contributed by atoms with Crippen molar-refractivity contribution in [3.8, 4) is 22.3 Å². The first-order valence-corrected chi connectivity index (χ1v) is 5.97. The average Bonchev–Trinajstić information content (AvgIpc) is 2.49. The highest BCUT2D eigenvalue weighted by Crippen LogP contribution is 2.31. The van der Waals surface area contributed by atoms with Crippen LogP contribution in [0.5, 0.6) is 0 Å². The van der Waals surface area contributed by atoms with Gasteiger partial charge in [-0.3, -0.25) is 0 Å². The van der Waals surface area contributed by atoms with E-state index in [1.807, 2.05) is 42.5 Å². The number of rotatable bonds is 2. The fourth-order valence-electron chi connectivity index (χ4n) is 2.11. The average molecular weight is 232 g/mol. The van der Waals surface area contributed by atoms with Gasteiger partial charge in [-0.2, -0.15) is 0 Å². The van der Waals surface area contributed by atoms with Crippen LogP contribution in [0.3, 0.4) is 0 Å². The molecule has 0 aliphatic heterocycles. The Morgan fingerprint density at radius 3 is 1.78 bits per heavy atom. The first kappa shape index (κ1) is 8.71. The molecule has 0 bridgehead atoms. The predicted octanol–water partition coefficient (Wildman–Crippen LogP) is 5.02. The van der Waals surface area contributed by atoms with E-state index in [1.165, 1.54) is 0 Å². The lowest BCUT2D eigenvalue weighted by Crippen LogP contribution is -1.83. The number of hydrogen-bond acceptors (Lipinski definition) is 0. The number of benzene rings is 3. The van der Waals surface area contributed by atoms with E-state index in [2.05, 4.69) is 12.1 Å². The summed E-state index contributed by atoms with van der Waals surface area (Å²) in [5, 5.41) is 0. The third kappa shape index (κ3) is 2.05. The quantitative estimate of drug-likeness (QED) is 0.582. The molecule has 0 atom stereocenters. The Kier molecular flexibility index (Phi) is 2.36. The summed E-state index contributed by atoms with van der Waals surface area (Å²) in [7, 11) is 0. The fraction of sp³-hybridized carbons (Fsp3) is 0. The lowest BCUT2D eigenvalue weighted by Gasteiger charge is -2.09. The third-order valence-corrected chi connectivity index (χ3v) is 2.98. The lowest BCUT2D eigenvalue weighted by atomic mass is 9.95. The molecule has 0 saturated carbocycles. The van der Waals surface area contributed by atoms with Crippen LogP contribution in [0.2, 0.25) is 0 Å². The highest BCUT2D eigenvalue weighted by Gasteiger charge is 2.05. The molecule has 0 aliphatic rings. The Hall–Kier alpha value is -2.34. The second kappa shape index (κ2) is 4.89. The summed E-state index contributed by atoms with van der Waals surface area (Å²) in [5.74, 6) is 0. The molecule has 18 heavy (non-hydrogen) atoms. The van der Waals surface area contributed by atoms with Crippen LogP contribution >= 0.6 is 0 Å². The lowest BCUT2D eigenvalue weighted by molar-refractivity contribution is 1.58. The second-order valence-corrected chi connectivity index (χ2v) is 4.13. The Bertz CT molecular complexity index is 716. The van der Waals surface area contributed by atoms with E-state index in [1.54, 1.807) is 18.2 Å². The van der Waals surface area contributed by atoms with Crippen molar-refractivity contribution in [1.29, 1.82) is 0 Å². The molecule has 0 aliphatic carbocycles. The summed E-state index contributed by atoms with van der Waals surface area (Å²) in [6.07, 6.45) is 0. The Balaban J connectivity index is 2.19. The van der Waals surface area contributed by atoms with Gasteiger partial charge in [0.05, 0.1) is 2.74 Å². The van der Waals surface area contributed by atoms with E-state index in [4.69, 9.17) is 2.74 Å². The molecular formula is C18H14. The third-order valence-electron chi connectivity index (χ3n) is 2.98. The molecule has 0 saturated heterocycles. The van der Waals surface area contributed by atoms with Crippen molar-refractivity contribution in [2.75, 3.05) is 0 Å². The topological polar surface area (TPSA) is 0 Å². The Labute approximate surface area is 110 Å².